The smallest absolute Gasteiger partial charge is 0.227 e. The summed E-state index contributed by atoms with van der Waals surface area (Å²) in [5, 5.41) is 3.61. The van der Waals surface area contributed by atoms with Gasteiger partial charge in [-0.25, -0.2) is 0 Å². The molecule has 136 valence electrons. The molecule has 2 unspecified atom stereocenters. The Hall–Kier alpha value is -2.53. The number of halogens is 1. The number of hydrogen-bond acceptors (Lipinski definition) is 3. The number of nitrogens with zero attached hydrogens (tertiary/aromatic N) is 1. The fraction of sp³-hybridized carbons (Fsp3) is 0.300. The molecule has 0 aliphatic carbocycles. The van der Waals surface area contributed by atoms with Crippen LogP contribution in [0, 0.1) is 5.92 Å². The van der Waals surface area contributed by atoms with Crippen molar-refractivity contribution < 1.29 is 14.3 Å². The maximum Gasteiger partial charge on any atom is 0.227 e. The predicted molar refractivity (Wildman–Crippen MR) is 101 cm³/mol. The summed E-state index contributed by atoms with van der Waals surface area (Å²) < 4.78 is 5.14. The number of ether oxygens (including phenoxy) is 1. The molecule has 26 heavy (non-hydrogen) atoms. The minimum absolute atomic E-state index is 0.0503. The molecule has 1 aliphatic rings. The molecular weight excluding hydrogens is 352 g/mol. The van der Waals surface area contributed by atoms with Crippen molar-refractivity contribution in [1.29, 1.82) is 0 Å². The van der Waals surface area contributed by atoms with Gasteiger partial charge in [-0.15, -0.1) is 0 Å². The van der Waals surface area contributed by atoms with E-state index in [1.807, 2.05) is 37.3 Å². The van der Waals surface area contributed by atoms with Crippen LogP contribution < -0.4 is 15.0 Å². The number of methoxy groups -OCH3 is 1. The Bertz CT molecular complexity index is 807. The Balaban J connectivity index is 1.64. The number of hydrogen-bond donors (Lipinski definition) is 1. The number of amides is 2. The van der Waals surface area contributed by atoms with Gasteiger partial charge >= 0.3 is 0 Å². The van der Waals surface area contributed by atoms with Gasteiger partial charge in [-0.3, -0.25) is 9.59 Å². The van der Waals surface area contributed by atoms with E-state index < -0.39 is 0 Å². The number of carbonyl (C=O) groups excluding carboxylic acids is 2. The van der Waals surface area contributed by atoms with Crippen LogP contribution in [0.4, 0.5) is 5.69 Å². The van der Waals surface area contributed by atoms with Crippen LogP contribution in [0.5, 0.6) is 5.75 Å². The quantitative estimate of drug-likeness (QED) is 0.872. The molecule has 0 bridgehead atoms. The van der Waals surface area contributed by atoms with Gasteiger partial charge in [0.2, 0.25) is 11.8 Å². The molecule has 0 aromatic heterocycles. The number of anilines is 1. The Morgan fingerprint density at radius 2 is 2.00 bits per heavy atom. The summed E-state index contributed by atoms with van der Waals surface area (Å²) in [7, 11) is 1.59. The standard InChI is InChI=1S/C20H21ClN2O3/c1-13(14-4-3-5-16(21)10-14)22-20(25)15-11-19(24)23(12-15)17-6-8-18(26-2)9-7-17/h3-10,13,15H,11-12H2,1-2H3,(H,22,25). The molecule has 1 N–H and O–H groups in total. The summed E-state index contributed by atoms with van der Waals surface area (Å²) in [6, 6.07) is 14.5. The van der Waals surface area contributed by atoms with Crippen LogP contribution in [-0.2, 0) is 9.59 Å². The van der Waals surface area contributed by atoms with Crippen LogP contribution in [-0.4, -0.2) is 25.5 Å². The summed E-state index contributed by atoms with van der Waals surface area (Å²) in [5.74, 6) is 0.184. The number of rotatable bonds is 5. The van der Waals surface area contributed by atoms with Crippen molar-refractivity contribution in [1.82, 2.24) is 5.32 Å². The van der Waals surface area contributed by atoms with Crippen LogP contribution in [0.3, 0.4) is 0 Å². The second kappa shape index (κ2) is 7.79. The zero-order chi connectivity index (χ0) is 18.7. The number of nitrogens with one attached hydrogen (secondary N) is 1. The van der Waals surface area contributed by atoms with Crippen molar-refractivity contribution in [3.8, 4) is 5.75 Å². The first-order chi connectivity index (χ1) is 12.5. The van der Waals surface area contributed by atoms with E-state index in [1.54, 1.807) is 30.2 Å². The average Bonchev–Trinajstić information content (AvgIpc) is 3.03. The highest BCUT2D eigenvalue weighted by Gasteiger charge is 2.35. The molecule has 2 aromatic carbocycles. The first kappa shape index (κ1) is 18.3. The average molecular weight is 373 g/mol. The lowest BCUT2D eigenvalue weighted by molar-refractivity contribution is -0.126. The third-order valence-electron chi connectivity index (χ3n) is 4.59. The van der Waals surface area contributed by atoms with Crippen molar-refractivity contribution in [2.24, 2.45) is 5.92 Å². The molecule has 5 nitrogen and oxygen atoms in total. The fourth-order valence-corrected chi connectivity index (χ4v) is 3.28. The summed E-state index contributed by atoms with van der Waals surface area (Å²) in [4.78, 5) is 26.6. The van der Waals surface area contributed by atoms with Gasteiger partial charge in [0.15, 0.2) is 0 Å². The molecule has 2 amide bonds. The van der Waals surface area contributed by atoms with Gasteiger partial charge in [-0.05, 0) is 48.9 Å². The fourth-order valence-electron chi connectivity index (χ4n) is 3.09. The monoisotopic (exact) mass is 372 g/mol. The first-order valence-corrected chi connectivity index (χ1v) is 8.86. The Morgan fingerprint density at radius 3 is 2.65 bits per heavy atom. The van der Waals surface area contributed by atoms with Crippen molar-refractivity contribution in [3.05, 3.63) is 59.1 Å². The lowest BCUT2D eigenvalue weighted by Gasteiger charge is -2.19. The maximum absolute atomic E-state index is 12.6. The molecule has 3 rings (SSSR count). The predicted octanol–water partition coefficient (Wildman–Crippen LogP) is 3.58. The molecular formula is C20H21ClN2O3. The van der Waals surface area contributed by atoms with E-state index in [0.717, 1.165) is 17.0 Å². The van der Waals surface area contributed by atoms with E-state index in [4.69, 9.17) is 16.3 Å². The first-order valence-electron chi connectivity index (χ1n) is 8.48. The van der Waals surface area contributed by atoms with E-state index in [1.165, 1.54) is 0 Å². The van der Waals surface area contributed by atoms with Gasteiger partial charge in [0.1, 0.15) is 5.75 Å². The normalized spacial score (nSPS) is 17.9. The molecule has 1 aliphatic heterocycles. The summed E-state index contributed by atoms with van der Waals surface area (Å²) in [6.45, 7) is 2.28. The lowest BCUT2D eigenvalue weighted by Crippen LogP contribution is -2.34. The van der Waals surface area contributed by atoms with Crippen molar-refractivity contribution in [3.63, 3.8) is 0 Å². The molecule has 2 atom stereocenters. The third-order valence-corrected chi connectivity index (χ3v) is 4.82. The summed E-state index contributed by atoms with van der Waals surface area (Å²) in [5.41, 5.74) is 1.70. The topological polar surface area (TPSA) is 58.6 Å². The minimum atomic E-state index is -0.369. The van der Waals surface area contributed by atoms with Crippen LogP contribution in [0.25, 0.3) is 0 Å². The summed E-state index contributed by atoms with van der Waals surface area (Å²) >= 11 is 6.01. The number of carbonyl (C=O) groups is 2. The van der Waals surface area contributed by atoms with Crippen LogP contribution in [0.2, 0.25) is 5.02 Å². The Labute approximate surface area is 157 Å². The molecule has 1 heterocycles. The summed E-state index contributed by atoms with van der Waals surface area (Å²) in [6.07, 6.45) is 0.208. The lowest BCUT2D eigenvalue weighted by atomic mass is 10.1. The molecule has 0 radical (unpaired) electrons. The second-order valence-electron chi connectivity index (χ2n) is 6.39. The van der Waals surface area contributed by atoms with Gasteiger partial charge < -0.3 is 15.0 Å². The molecule has 6 heteroatoms. The second-order valence-corrected chi connectivity index (χ2v) is 6.83. The Kier molecular flexibility index (Phi) is 5.47. The van der Waals surface area contributed by atoms with E-state index in [-0.39, 0.29) is 30.2 Å². The van der Waals surface area contributed by atoms with Gasteiger partial charge in [0, 0.05) is 23.7 Å². The molecule has 0 spiro atoms. The largest absolute Gasteiger partial charge is 0.497 e. The van der Waals surface area contributed by atoms with Gasteiger partial charge in [-0.2, -0.15) is 0 Å². The SMILES string of the molecule is COc1ccc(N2CC(C(=O)NC(C)c3cccc(Cl)c3)CC2=O)cc1. The van der Waals surface area contributed by atoms with E-state index in [2.05, 4.69) is 5.32 Å². The molecule has 0 saturated carbocycles. The Morgan fingerprint density at radius 1 is 1.27 bits per heavy atom. The van der Waals surface area contributed by atoms with E-state index in [9.17, 15) is 9.59 Å². The highest BCUT2D eigenvalue weighted by molar-refractivity contribution is 6.30. The number of benzene rings is 2. The van der Waals surface area contributed by atoms with Crippen LogP contribution >= 0.6 is 11.6 Å². The zero-order valence-corrected chi connectivity index (χ0v) is 15.5. The van der Waals surface area contributed by atoms with Crippen molar-refractivity contribution >= 4 is 29.1 Å². The molecule has 2 aromatic rings. The van der Waals surface area contributed by atoms with Crippen LogP contribution in [0.15, 0.2) is 48.5 Å². The van der Waals surface area contributed by atoms with E-state index >= 15 is 0 Å². The van der Waals surface area contributed by atoms with Crippen molar-refractivity contribution in [2.75, 3.05) is 18.6 Å². The molecule has 1 fully saturated rings. The third kappa shape index (κ3) is 3.99. The van der Waals surface area contributed by atoms with Crippen LogP contribution in [0.1, 0.15) is 24.9 Å². The highest BCUT2D eigenvalue weighted by Crippen LogP contribution is 2.27. The van der Waals surface area contributed by atoms with Gasteiger partial charge in [-0.1, -0.05) is 23.7 Å². The minimum Gasteiger partial charge on any atom is -0.497 e. The van der Waals surface area contributed by atoms with Gasteiger partial charge in [0.25, 0.3) is 0 Å². The zero-order valence-electron chi connectivity index (χ0n) is 14.7. The molecule has 1 saturated heterocycles. The highest BCUT2D eigenvalue weighted by atomic mass is 35.5. The van der Waals surface area contributed by atoms with Crippen molar-refractivity contribution in [2.45, 2.75) is 19.4 Å². The maximum atomic E-state index is 12.6. The van der Waals surface area contributed by atoms with E-state index in [0.29, 0.717) is 11.6 Å². The van der Waals surface area contributed by atoms with Gasteiger partial charge in [0.05, 0.1) is 19.1 Å².